The number of aryl methyl sites for hydroxylation is 2. The summed E-state index contributed by atoms with van der Waals surface area (Å²) in [7, 11) is 0. The molecule has 0 saturated carbocycles. The first-order valence-corrected chi connectivity index (χ1v) is 9.26. The van der Waals surface area contributed by atoms with Crippen LogP contribution in [0.25, 0.3) is 22.6 Å². The first-order valence-electron chi connectivity index (χ1n) is 9.26. The van der Waals surface area contributed by atoms with Gasteiger partial charge in [0.2, 0.25) is 0 Å². The monoisotopic (exact) mass is 382 g/mol. The van der Waals surface area contributed by atoms with Crippen LogP contribution in [0.1, 0.15) is 21.6 Å². The summed E-state index contributed by atoms with van der Waals surface area (Å²) in [5.41, 5.74) is 6.30. The molecule has 0 atom stereocenters. The van der Waals surface area contributed by atoms with Crippen molar-refractivity contribution >= 4 is 22.9 Å². The highest BCUT2D eigenvalue weighted by atomic mass is 16.1. The Kier molecular flexibility index (Phi) is 3.87. The van der Waals surface area contributed by atoms with Gasteiger partial charge in [-0.05, 0) is 43.7 Å². The number of hydrogen-bond donors (Lipinski definition) is 1. The number of carbonyl (C=O) groups is 1. The van der Waals surface area contributed by atoms with Gasteiger partial charge < -0.3 is 9.72 Å². The predicted octanol–water partition coefficient (Wildman–Crippen LogP) is 3.91. The normalized spacial score (nSPS) is 11.2. The summed E-state index contributed by atoms with van der Waals surface area (Å²) in [6.45, 7) is 3.85. The molecule has 0 fully saturated rings. The number of pyridine rings is 1. The standard InChI is InChI=1S/C22H18N6O/c1-14-5-3-11-27-13-18(25-20(14)27)16-6-8-17(9-7-16)24-22(29)19-15(2)26-28-12-4-10-23-21(19)28/h3-13H,1-2H3,(H,24,29). The van der Waals surface area contributed by atoms with E-state index in [-0.39, 0.29) is 5.91 Å². The third kappa shape index (κ3) is 2.93. The molecule has 1 aromatic carbocycles. The molecule has 0 bridgehead atoms. The van der Waals surface area contributed by atoms with Crippen LogP contribution in [0.2, 0.25) is 0 Å². The summed E-state index contributed by atoms with van der Waals surface area (Å²) >= 11 is 0. The summed E-state index contributed by atoms with van der Waals surface area (Å²) in [6.07, 6.45) is 7.42. The minimum atomic E-state index is -0.229. The lowest BCUT2D eigenvalue weighted by Crippen LogP contribution is -2.13. The zero-order valence-electron chi connectivity index (χ0n) is 16.0. The fourth-order valence-corrected chi connectivity index (χ4v) is 3.47. The summed E-state index contributed by atoms with van der Waals surface area (Å²) in [5, 5.41) is 7.27. The maximum Gasteiger partial charge on any atom is 0.261 e. The number of hydrogen-bond acceptors (Lipinski definition) is 4. The van der Waals surface area contributed by atoms with Crippen LogP contribution in [0.4, 0.5) is 5.69 Å². The molecule has 0 aliphatic heterocycles. The Labute approximate surface area is 166 Å². The third-order valence-corrected chi connectivity index (χ3v) is 4.91. The van der Waals surface area contributed by atoms with E-state index >= 15 is 0 Å². The van der Waals surface area contributed by atoms with Crippen LogP contribution in [0.15, 0.2) is 67.3 Å². The smallest absolute Gasteiger partial charge is 0.261 e. The molecule has 0 saturated heterocycles. The molecular weight excluding hydrogens is 364 g/mol. The third-order valence-electron chi connectivity index (χ3n) is 4.91. The maximum atomic E-state index is 12.8. The Balaban J connectivity index is 1.42. The second-order valence-electron chi connectivity index (χ2n) is 6.93. The number of nitrogens with one attached hydrogen (secondary N) is 1. The fourth-order valence-electron chi connectivity index (χ4n) is 3.47. The van der Waals surface area contributed by atoms with Gasteiger partial charge in [-0.25, -0.2) is 14.5 Å². The number of rotatable bonds is 3. The van der Waals surface area contributed by atoms with Gasteiger partial charge in [0.05, 0.1) is 11.4 Å². The largest absolute Gasteiger partial charge is 0.322 e. The quantitative estimate of drug-likeness (QED) is 0.513. The molecule has 1 amide bonds. The van der Waals surface area contributed by atoms with Gasteiger partial charge >= 0.3 is 0 Å². The molecule has 4 heterocycles. The summed E-state index contributed by atoms with van der Waals surface area (Å²) in [6, 6.07) is 13.5. The van der Waals surface area contributed by atoms with E-state index < -0.39 is 0 Å². The number of nitrogens with zero attached hydrogens (tertiary/aromatic N) is 5. The molecule has 0 aliphatic rings. The van der Waals surface area contributed by atoms with Gasteiger partial charge in [-0.1, -0.05) is 18.2 Å². The minimum absolute atomic E-state index is 0.229. The van der Waals surface area contributed by atoms with Gasteiger partial charge in [0.15, 0.2) is 5.65 Å². The number of anilines is 1. The molecule has 142 valence electrons. The van der Waals surface area contributed by atoms with Gasteiger partial charge in [-0.2, -0.15) is 5.10 Å². The average molecular weight is 382 g/mol. The van der Waals surface area contributed by atoms with E-state index in [0.717, 1.165) is 22.5 Å². The molecule has 29 heavy (non-hydrogen) atoms. The Hall–Kier alpha value is -4.00. The van der Waals surface area contributed by atoms with Gasteiger partial charge in [-0.15, -0.1) is 0 Å². The molecule has 0 aliphatic carbocycles. The lowest BCUT2D eigenvalue weighted by Gasteiger charge is -2.05. The lowest BCUT2D eigenvalue weighted by atomic mass is 10.1. The number of amides is 1. The van der Waals surface area contributed by atoms with Gasteiger partial charge in [0.1, 0.15) is 11.2 Å². The molecule has 7 heteroatoms. The molecule has 7 nitrogen and oxygen atoms in total. The molecular formula is C22H18N6O. The Morgan fingerprint density at radius 3 is 2.62 bits per heavy atom. The van der Waals surface area contributed by atoms with E-state index in [4.69, 9.17) is 4.98 Å². The van der Waals surface area contributed by atoms with Crippen molar-refractivity contribution < 1.29 is 4.79 Å². The van der Waals surface area contributed by atoms with Crippen LogP contribution in [0, 0.1) is 13.8 Å². The van der Waals surface area contributed by atoms with E-state index in [1.54, 1.807) is 29.9 Å². The molecule has 1 N–H and O–H groups in total. The fraction of sp³-hybridized carbons (Fsp3) is 0.0909. The Morgan fingerprint density at radius 1 is 1.00 bits per heavy atom. The van der Waals surface area contributed by atoms with E-state index in [9.17, 15) is 4.79 Å². The van der Waals surface area contributed by atoms with E-state index in [2.05, 4.69) is 15.4 Å². The summed E-state index contributed by atoms with van der Waals surface area (Å²) in [4.78, 5) is 21.8. The van der Waals surface area contributed by atoms with Crippen LogP contribution in [-0.4, -0.2) is 29.9 Å². The highest BCUT2D eigenvalue weighted by Crippen LogP contribution is 2.23. The van der Waals surface area contributed by atoms with Crippen LogP contribution in [0.3, 0.4) is 0 Å². The zero-order valence-corrected chi connectivity index (χ0v) is 16.0. The topological polar surface area (TPSA) is 76.6 Å². The van der Waals surface area contributed by atoms with Crippen LogP contribution >= 0.6 is 0 Å². The van der Waals surface area contributed by atoms with E-state index in [1.165, 1.54) is 0 Å². The molecule has 5 aromatic rings. The molecule has 4 aromatic heterocycles. The number of carbonyl (C=O) groups excluding carboxylic acids is 1. The number of aromatic nitrogens is 5. The maximum absolute atomic E-state index is 12.8. The van der Waals surface area contributed by atoms with Crippen molar-refractivity contribution in [3.05, 3.63) is 84.1 Å². The Morgan fingerprint density at radius 2 is 1.83 bits per heavy atom. The Bertz CT molecular complexity index is 1360. The highest BCUT2D eigenvalue weighted by Gasteiger charge is 2.18. The summed E-state index contributed by atoms with van der Waals surface area (Å²) in [5.74, 6) is -0.229. The van der Waals surface area contributed by atoms with Crippen molar-refractivity contribution in [3.8, 4) is 11.3 Å². The van der Waals surface area contributed by atoms with Crippen molar-refractivity contribution in [1.82, 2.24) is 24.0 Å². The van der Waals surface area contributed by atoms with Crippen molar-refractivity contribution in [2.75, 3.05) is 5.32 Å². The van der Waals surface area contributed by atoms with Crippen molar-refractivity contribution in [2.24, 2.45) is 0 Å². The highest BCUT2D eigenvalue weighted by molar-refractivity contribution is 6.09. The van der Waals surface area contributed by atoms with Gasteiger partial charge in [0.25, 0.3) is 5.91 Å². The van der Waals surface area contributed by atoms with Gasteiger partial charge in [0, 0.05) is 36.0 Å². The molecule has 5 rings (SSSR count). The molecule has 0 unspecified atom stereocenters. The number of fused-ring (bicyclic) bond motifs is 2. The first kappa shape index (κ1) is 17.1. The number of benzene rings is 1. The van der Waals surface area contributed by atoms with E-state index in [0.29, 0.717) is 22.6 Å². The minimum Gasteiger partial charge on any atom is -0.322 e. The van der Waals surface area contributed by atoms with Crippen molar-refractivity contribution in [2.45, 2.75) is 13.8 Å². The van der Waals surface area contributed by atoms with Crippen LogP contribution in [-0.2, 0) is 0 Å². The van der Waals surface area contributed by atoms with Crippen LogP contribution in [0.5, 0.6) is 0 Å². The lowest BCUT2D eigenvalue weighted by molar-refractivity contribution is 0.102. The van der Waals surface area contributed by atoms with Gasteiger partial charge in [-0.3, -0.25) is 4.79 Å². The van der Waals surface area contributed by atoms with Crippen LogP contribution < -0.4 is 5.32 Å². The van der Waals surface area contributed by atoms with Crippen molar-refractivity contribution in [3.63, 3.8) is 0 Å². The SMILES string of the molecule is Cc1nn2cccnc2c1C(=O)Nc1ccc(-c2cn3cccc(C)c3n2)cc1. The first-order chi connectivity index (χ1) is 14.1. The van der Waals surface area contributed by atoms with E-state index in [1.807, 2.05) is 60.1 Å². The number of imidazole rings is 1. The second kappa shape index (κ2) is 6.56. The predicted molar refractivity (Wildman–Crippen MR) is 111 cm³/mol. The molecule has 0 radical (unpaired) electrons. The summed E-state index contributed by atoms with van der Waals surface area (Å²) < 4.78 is 3.63. The second-order valence-corrected chi connectivity index (χ2v) is 6.93. The van der Waals surface area contributed by atoms with Crippen molar-refractivity contribution in [1.29, 1.82) is 0 Å². The average Bonchev–Trinajstić information content (AvgIpc) is 3.30. The zero-order chi connectivity index (χ0) is 20.0. The molecule has 0 spiro atoms.